The van der Waals surface area contributed by atoms with Gasteiger partial charge in [-0.1, -0.05) is 6.07 Å². The van der Waals surface area contributed by atoms with E-state index in [1.165, 1.54) is 14.2 Å². The molecule has 1 aliphatic heterocycles. The van der Waals surface area contributed by atoms with E-state index in [0.717, 1.165) is 34.2 Å². The quantitative estimate of drug-likeness (QED) is 0.425. The molecule has 35 heavy (non-hydrogen) atoms. The normalized spacial score (nSPS) is 18.1. The highest BCUT2D eigenvalue weighted by Crippen LogP contribution is 2.50. The summed E-state index contributed by atoms with van der Waals surface area (Å²) < 4.78 is 22.8. The molecule has 4 N–H and O–H groups in total. The zero-order chi connectivity index (χ0) is 24.7. The first-order valence-electron chi connectivity index (χ1n) is 11.5. The van der Waals surface area contributed by atoms with Crippen molar-refractivity contribution in [2.75, 3.05) is 27.4 Å². The molecule has 1 aliphatic carbocycles. The van der Waals surface area contributed by atoms with Crippen molar-refractivity contribution in [1.82, 2.24) is 0 Å². The lowest BCUT2D eigenvalue weighted by Gasteiger charge is -2.35. The number of aryl methyl sites for hydroxylation is 1. The van der Waals surface area contributed by atoms with Gasteiger partial charge in [0.25, 0.3) is 0 Å². The number of rotatable bonds is 6. The molecule has 0 fully saturated rings. The van der Waals surface area contributed by atoms with Crippen LogP contribution in [0.3, 0.4) is 0 Å². The maximum absolute atomic E-state index is 11.1. The van der Waals surface area contributed by atoms with Crippen LogP contribution >= 0.6 is 0 Å². The van der Waals surface area contributed by atoms with Crippen molar-refractivity contribution in [2.45, 2.75) is 31.5 Å². The second-order valence-corrected chi connectivity index (χ2v) is 8.70. The van der Waals surface area contributed by atoms with Gasteiger partial charge in [-0.2, -0.15) is 0 Å². The Kier molecular flexibility index (Phi) is 6.08. The van der Waals surface area contributed by atoms with Crippen LogP contribution in [0.5, 0.6) is 34.5 Å². The van der Waals surface area contributed by atoms with Gasteiger partial charge in [-0.25, -0.2) is 0 Å². The lowest BCUT2D eigenvalue weighted by Crippen LogP contribution is -2.31. The van der Waals surface area contributed by atoms with Crippen LogP contribution in [-0.4, -0.2) is 54.0 Å². The van der Waals surface area contributed by atoms with Gasteiger partial charge in [-0.15, -0.1) is 0 Å². The Balaban J connectivity index is 1.61. The van der Waals surface area contributed by atoms with E-state index in [1.54, 1.807) is 30.3 Å². The van der Waals surface area contributed by atoms with Crippen LogP contribution in [0.15, 0.2) is 36.4 Å². The topological polar surface area (TPSA) is 118 Å². The Bertz CT molecular complexity index is 1240. The van der Waals surface area contributed by atoms with E-state index < -0.39 is 12.2 Å². The molecule has 8 nitrogen and oxygen atoms in total. The Labute approximate surface area is 202 Å². The summed E-state index contributed by atoms with van der Waals surface area (Å²) in [4.78, 5) is 0. The van der Waals surface area contributed by atoms with Gasteiger partial charge in [0.15, 0.2) is 17.6 Å². The Morgan fingerprint density at radius 3 is 2.37 bits per heavy atom. The van der Waals surface area contributed by atoms with Crippen LogP contribution < -0.4 is 18.9 Å². The number of phenols is 2. The number of ether oxygens (including phenoxy) is 4. The monoisotopic (exact) mass is 480 g/mol. The minimum absolute atomic E-state index is 0.122. The molecule has 0 spiro atoms. The summed E-state index contributed by atoms with van der Waals surface area (Å²) in [5.74, 6) is 1.71. The van der Waals surface area contributed by atoms with Gasteiger partial charge in [0, 0.05) is 29.2 Å². The molecule has 0 unspecified atom stereocenters. The van der Waals surface area contributed by atoms with E-state index in [2.05, 4.69) is 0 Å². The van der Waals surface area contributed by atoms with Gasteiger partial charge in [-0.3, -0.25) is 0 Å². The number of aliphatic hydroxyl groups is 2. The SMILES string of the molecule is COc1cc([C@H]2Oc3cc(OCCO)c4c(c3C[C@H]2O)CCc2cc(O)ccc2-4)cc(OC)c1O. The minimum atomic E-state index is -0.851. The molecule has 3 aromatic rings. The summed E-state index contributed by atoms with van der Waals surface area (Å²) in [6, 6.07) is 10.3. The van der Waals surface area contributed by atoms with Gasteiger partial charge in [0.1, 0.15) is 23.9 Å². The van der Waals surface area contributed by atoms with Crippen molar-refractivity contribution in [3.05, 3.63) is 58.7 Å². The molecule has 0 saturated carbocycles. The van der Waals surface area contributed by atoms with E-state index in [1.807, 2.05) is 6.07 Å². The molecule has 5 rings (SSSR count). The lowest BCUT2D eigenvalue weighted by atomic mass is 9.80. The second-order valence-electron chi connectivity index (χ2n) is 8.70. The fourth-order valence-corrected chi connectivity index (χ4v) is 5.09. The zero-order valence-corrected chi connectivity index (χ0v) is 19.6. The molecular weight excluding hydrogens is 452 g/mol. The van der Waals surface area contributed by atoms with Crippen molar-refractivity contribution >= 4 is 0 Å². The van der Waals surface area contributed by atoms with Gasteiger partial charge in [0.2, 0.25) is 5.75 Å². The fourth-order valence-electron chi connectivity index (χ4n) is 5.09. The van der Waals surface area contributed by atoms with Crippen LogP contribution in [-0.2, 0) is 19.3 Å². The third kappa shape index (κ3) is 3.98. The van der Waals surface area contributed by atoms with Crippen molar-refractivity contribution in [3.8, 4) is 45.6 Å². The molecule has 0 amide bonds. The predicted molar refractivity (Wildman–Crippen MR) is 128 cm³/mol. The average Bonchev–Trinajstić information content (AvgIpc) is 2.86. The number of methoxy groups -OCH3 is 2. The number of aromatic hydroxyl groups is 2. The summed E-state index contributed by atoms with van der Waals surface area (Å²) in [6.45, 7) is -0.0133. The lowest BCUT2D eigenvalue weighted by molar-refractivity contribution is 0.0200. The highest BCUT2D eigenvalue weighted by molar-refractivity contribution is 5.82. The number of phenolic OH excluding ortho intramolecular Hbond substituents is 2. The first-order chi connectivity index (χ1) is 16.9. The van der Waals surface area contributed by atoms with Crippen LogP contribution in [0.25, 0.3) is 11.1 Å². The summed E-state index contributed by atoms with van der Waals surface area (Å²) in [6.07, 6.45) is 0.227. The van der Waals surface area contributed by atoms with Crippen LogP contribution in [0.2, 0.25) is 0 Å². The van der Waals surface area contributed by atoms with E-state index in [0.29, 0.717) is 29.9 Å². The first kappa shape index (κ1) is 23.1. The smallest absolute Gasteiger partial charge is 0.200 e. The number of hydrogen-bond donors (Lipinski definition) is 4. The molecule has 0 saturated heterocycles. The molecule has 2 atom stereocenters. The Morgan fingerprint density at radius 2 is 1.69 bits per heavy atom. The van der Waals surface area contributed by atoms with E-state index in [4.69, 9.17) is 18.9 Å². The van der Waals surface area contributed by atoms with Gasteiger partial charge in [-0.05, 0) is 53.8 Å². The molecule has 184 valence electrons. The third-order valence-corrected chi connectivity index (χ3v) is 6.67. The molecule has 1 heterocycles. The third-order valence-electron chi connectivity index (χ3n) is 6.67. The molecule has 2 aliphatic rings. The fraction of sp³-hybridized carbons (Fsp3) is 0.333. The van der Waals surface area contributed by atoms with Crippen molar-refractivity contribution < 1.29 is 39.4 Å². The standard InChI is InChI=1S/C27H28O8/c1-32-23-10-15(11-24(33-2)26(23)31)27-20(30)12-19-18-5-3-14-9-16(29)4-6-17(14)25(18)22(34-8-7-28)13-21(19)35-27/h4,6,9-11,13,20,27-31H,3,5,7-8,12H2,1-2H3/t20-,27-/m1/s1. The highest BCUT2D eigenvalue weighted by atomic mass is 16.5. The molecular formula is C27H28O8. The second kappa shape index (κ2) is 9.20. The van der Waals surface area contributed by atoms with Crippen LogP contribution in [0.1, 0.15) is 28.4 Å². The van der Waals surface area contributed by atoms with Crippen molar-refractivity contribution in [2.24, 2.45) is 0 Å². The highest BCUT2D eigenvalue weighted by Gasteiger charge is 2.36. The first-order valence-corrected chi connectivity index (χ1v) is 11.5. The summed E-state index contributed by atoms with van der Waals surface area (Å²) in [5.41, 5.74) is 5.43. The molecule has 8 heteroatoms. The van der Waals surface area contributed by atoms with Gasteiger partial charge >= 0.3 is 0 Å². The summed E-state index contributed by atoms with van der Waals surface area (Å²) >= 11 is 0. The maximum Gasteiger partial charge on any atom is 0.200 e. The van der Waals surface area contributed by atoms with Crippen LogP contribution in [0.4, 0.5) is 0 Å². The van der Waals surface area contributed by atoms with Gasteiger partial charge in [0.05, 0.1) is 26.9 Å². The number of fused-ring (bicyclic) bond motifs is 5. The Morgan fingerprint density at radius 1 is 0.943 bits per heavy atom. The number of hydrogen-bond acceptors (Lipinski definition) is 8. The number of aliphatic hydroxyl groups excluding tert-OH is 2. The van der Waals surface area contributed by atoms with E-state index in [-0.39, 0.29) is 36.2 Å². The van der Waals surface area contributed by atoms with E-state index >= 15 is 0 Å². The minimum Gasteiger partial charge on any atom is -0.508 e. The maximum atomic E-state index is 11.1. The van der Waals surface area contributed by atoms with Crippen molar-refractivity contribution in [1.29, 1.82) is 0 Å². The summed E-state index contributed by atoms with van der Waals surface area (Å²) in [5, 5.41) is 40.8. The number of benzene rings is 3. The largest absolute Gasteiger partial charge is 0.508 e. The van der Waals surface area contributed by atoms with Gasteiger partial charge < -0.3 is 39.4 Å². The van der Waals surface area contributed by atoms with Crippen molar-refractivity contribution in [3.63, 3.8) is 0 Å². The summed E-state index contributed by atoms with van der Waals surface area (Å²) in [7, 11) is 2.89. The Hall–Kier alpha value is -3.62. The predicted octanol–water partition coefficient (Wildman–Crippen LogP) is 3.29. The molecule has 0 bridgehead atoms. The average molecular weight is 481 g/mol. The van der Waals surface area contributed by atoms with E-state index in [9.17, 15) is 20.4 Å². The van der Waals surface area contributed by atoms with Crippen LogP contribution in [0, 0.1) is 0 Å². The molecule has 3 aromatic carbocycles. The zero-order valence-electron chi connectivity index (χ0n) is 19.6. The molecule has 0 aromatic heterocycles. The molecule has 0 radical (unpaired) electrons.